The lowest BCUT2D eigenvalue weighted by Crippen LogP contribution is -2.16. The predicted octanol–water partition coefficient (Wildman–Crippen LogP) is 3.37. The molecule has 2 N–H and O–H groups in total. The van der Waals surface area contributed by atoms with Gasteiger partial charge in [0, 0.05) is 17.6 Å². The number of pyridine rings is 2. The fraction of sp³-hybridized carbons (Fsp3) is 0.208. The number of aromatic nitrogens is 4. The molecule has 12 heteroatoms. The molecule has 4 rings (SSSR count). The number of nitrogens with one attached hydrogen (secondary N) is 1. The van der Waals surface area contributed by atoms with Gasteiger partial charge < -0.3 is 29.4 Å². The van der Waals surface area contributed by atoms with Gasteiger partial charge in [0.05, 0.1) is 38.7 Å². The monoisotopic (exact) mass is 493 g/mol. The third kappa shape index (κ3) is 5.27. The van der Waals surface area contributed by atoms with E-state index in [2.05, 4.69) is 20.4 Å². The first-order chi connectivity index (χ1) is 17.4. The van der Waals surface area contributed by atoms with E-state index in [-0.39, 0.29) is 23.9 Å². The largest absolute Gasteiger partial charge is 0.493 e. The van der Waals surface area contributed by atoms with Gasteiger partial charge in [-0.2, -0.15) is 5.10 Å². The summed E-state index contributed by atoms with van der Waals surface area (Å²) in [4.78, 5) is 32.3. The van der Waals surface area contributed by atoms with Crippen molar-refractivity contribution >= 4 is 28.6 Å². The van der Waals surface area contributed by atoms with Crippen molar-refractivity contribution in [2.24, 2.45) is 0 Å². The minimum absolute atomic E-state index is 0.0483. The van der Waals surface area contributed by atoms with Crippen LogP contribution in [0.4, 0.5) is 5.82 Å². The predicted molar refractivity (Wildman–Crippen MR) is 128 cm³/mol. The molecule has 0 aliphatic rings. The summed E-state index contributed by atoms with van der Waals surface area (Å²) in [5, 5.41) is 16.3. The lowest BCUT2D eigenvalue weighted by atomic mass is 10.2. The first-order valence-corrected chi connectivity index (χ1v) is 10.8. The minimum atomic E-state index is -1.09. The van der Waals surface area contributed by atoms with Crippen LogP contribution in [0, 0.1) is 0 Å². The Morgan fingerprint density at radius 2 is 1.81 bits per heavy atom. The van der Waals surface area contributed by atoms with Gasteiger partial charge in [-0.15, -0.1) is 0 Å². The van der Waals surface area contributed by atoms with Crippen molar-refractivity contribution in [3.05, 3.63) is 54.6 Å². The highest BCUT2D eigenvalue weighted by Crippen LogP contribution is 2.36. The molecule has 0 fully saturated rings. The molecule has 0 spiro atoms. The molecule has 0 saturated carbocycles. The van der Waals surface area contributed by atoms with E-state index in [0.717, 1.165) is 4.68 Å². The summed E-state index contributed by atoms with van der Waals surface area (Å²) in [7, 11) is 3.10. The van der Waals surface area contributed by atoms with Gasteiger partial charge in [0.15, 0.2) is 22.9 Å². The van der Waals surface area contributed by atoms with Gasteiger partial charge in [-0.05, 0) is 31.2 Å². The summed E-state index contributed by atoms with van der Waals surface area (Å²) < 4.78 is 23.2. The second kappa shape index (κ2) is 10.6. The van der Waals surface area contributed by atoms with E-state index in [0.29, 0.717) is 33.9 Å². The van der Waals surface area contributed by atoms with Crippen LogP contribution >= 0.6 is 0 Å². The molecule has 0 aliphatic carbocycles. The smallest absolute Gasteiger partial charge is 0.325 e. The van der Waals surface area contributed by atoms with E-state index in [9.17, 15) is 9.59 Å². The maximum absolute atomic E-state index is 12.7. The fourth-order valence-electron chi connectivity index (χ4n) is 3.39. The molecule has 0 bridgehead atoms. The lowest BCUT2D eigenvalue weighted by molar-refractivity contribution is -0.137. The van der Waals surface area contributed by atoms with Crippen molar-refractivity contribution in [3.63, 3.8) is 0 Å². The molecule has 0 saturated heterocycles. The van der Waals surface area contributed by atoms with Crippen LogP contribution in [0.3, 0.4) is 0 Å². The van der Waals surface area contributed by atoms with Crippen LogP contribution in [-0.4, -0.2) is 57.6 Å². The average Bonchev–Trinajstić information content (AvgIpc) is 3.26. The third-order valence-corrected chi connectivity index (χ3v) is 4.95. The Morgan fingerprint density at radius 3 is 2.47 bits per heavy atom. The number of nitrogens with zero attached hydrogens (tertiary/aromatic N) is 4. The summed E-state index contributed by atoms with van der Waals surface area (Å²) in [6.45, 7) is 1.63. The number of ether oxygens (including phenoxy) is 4. The van der Waals surface area contributed by atoms with E-state index < -0.39 is 18.4 Å². The zero-order valence-corrected chi connectivity index (χ0v) is 19.7. The van der Waals surface area contributed by atoms with Crippen LogP contribution in [0.15, 0.2) is 48.9 Å². The number of anilines is 1. The Balaban J connectivity index is 1.51. The van der Waals surface area contributed by atoms with E-state index in [1.807, 2.05) is 0 Å². The molecule has 0 atom stereocenters. The Kier molecular flexibility index (Phi) is 7.14. The number of hydrogen-bond acceptors (Lipinski definition) is 9. The number of hydrogen-bond donors (Lipinski definition) is 2. The molecular weight excluding hydrogens is 470 g/mol. The summed E-state index contributed by atoms with van der Waals surface area (Å²) >= 11 is 0. The number of fused-ring (bicyclic) bond motifs is 1. The van der Waals surface area contributed by atoms with Gasteiger partial charge in [-0.3, -0.25) is 19.3 Å². The Hall–Kier alpha value is -4.87. The van der Waals surface area contributed by atoms with Crippen LogP contribution in [0.25, 0.3) is 10.9 Å². The number of carboxylic acid groups (broad SMARTS) is 1. The molecule has 3 aromatic heterocycles. The molecule has 4 aromatic rings. The molecule has 36 heavy (non-hydrogen) atoms. The van der Waals surface area contributed by atoms with Crippen molar-refractivity contribution in [2.45, 2.75) is 13.5 Å². The van der Waals surface area contributed by atoms with Crippen molar-refractivity contribution in [1.82, 2.24) is 19.7 Å². The molecule has 3 heterocycles. The zero-order valence-electron chi connectivity index (χ0n) is 19.7. The number of aliphatic carboxylic acids is 1. The first kappa shape index (κ1) is 24.3. The number of methoxy groups -OCH3 is 2. The standard InChI is InChI=1S/C24H23N5O7/c1-4-35-20-12-29(13-22(30)31)28-23(20)24(32)27-21-6-5-14(11-26-21)36-17-7-8-25-16-10-19(34-3)18(33-2)9-15(16)17/h5-12H,4,13H2,1-3H3,(H,30,31)(H,26,27,32). The quantitative estimate of drug-likeness (QED) is 0.337. The van der Waals surface area contributed by atoms with Gasteiger partial charge in [-0.1, -0.05) is 0 Å². The van der Waals surface area contributed by atoms with E-state index in [1.54, 1.807) is 57.7 Å². The highest BCUT2D eigenvalue weighted by Gasteiger charge is 2.20. The van der Waals surface area contributed by atoms with Gasteiger partial charge in [0.25, 0.3) is 5.91 Å². The number of carbonyl (C=O) groups is 2. The number of carbonyl (C=O) groups excluding carboxylic acids is 1. The van der Waals surface area contributed by atoms with Crippen LogP contribution in [0.2, 0.25) is 0 Å². The summed E-state index contributed by atoms with van der Waals surface area (Å²) in [5.74, 6) is 0.782. The first-order valence-electron chi connectivity index (χ1n) is 10.8. The second-order valence-electron chi connectivity index (χ2n) is 7.34. The summed E-state index contributed by atoms with van der Waals surface area (Å²) in [6, 6.07) is 8.45. The van der Waals surface area contributed by atoms with Gasteiger partial charge in [-0.25, -0.2) is 4.98 Å². The Bertz CT molecular complexity index is 1400. The number of carboxylic acids is 1. The molecule has 0 aliphatic heterocycles. The summed E-state index contributed by atoms with van der Waals surface area (Å²) in [6.07, 6.45) is 4.43. The molecule has 1 aromatic carbocycles. The van der Waals surface area contributed by atoms with Gasteiger partial charge >= 0.3 is 5.97 Å². The fourth-order valence-corrected chi connectivity index (χ4v) is 3.39. The van der Waals surface area contributed by atoms with E-state index >= 15 is 0 Å². The number of amides is 1. The highest BCUT2D eigenvalue weighted by atomic mass is 16.5. The minimum Gasteiger partial charge on any atom is -0.493 e. The normalized spacial score (nSPS) is 10.6. The SMILES string of the molecule is CCOc1cn(CC(=O)O)nc1C(=O)Nc1ccc(Oc2ccnc3cc(OC)c(OC)cc23)cn1. The van der Waals surface area contributed by atoms with Crippen LogP contribution < -0.4 is 24.3 Å². The molecule has 12 nitrogen and oxygen atoms in total. The van der Waals surface area contributed by atoms with Crippen LogP contribution in [0.5, 0.6) is 28.7 Å². The maximum atomic E-state index is 12.7. The van der Waals surface area contributed by atoms with Gasteiger partial charge in [0.2, 0.25) is 0 Å². The highest BCUT2D eigenvalue weighted by molar-refractivity contribution is 6.04. The van der Waals surface area contributed by atoms with Crippen molar-refractivity contribution in [2.75, 3.05) is 26.1 Å². The second-order valence-corrected chi connectivity index (χ2v) is 7.34. The van der Waals surface area contributed by atoms with Crippen molar-refractivity contribution in [1.29, 1.82) is 0 Å². The van der Waals surface area contributed by atoms with Crippen LogP contribution in [-0.2, 0) is 11.3 Å². The van der Waals surface area contributed by atoms with Crippen molar-refractivity contribution in [3.8, 4) is 28.7 Å². The summed E-state index contributed by atoms with van der Waals surface area (Å²) in [5.41, 5.74) is 0.613. The number of rotatable bonds is 10. The Morgan fingerprint density at radius 1 is 1.03 bits per heavy atom. The third-order valence-electron chi connectivity index (χ3n) is 4.95. The topological polar surface area (TPSA) is 147 Å². The van der Waals surface area contributed by atoms with Crippen molar-refractivity contribution < 1.29 is 33.6 Å². The molecule has 0 radical (unpaired) electrons. The molecule has 1 amide bonds. The Labute approximate surface area is 205 Å². The zero-order chi connectivity index (χ0) is 25.7. The molecular formula is C24H23N5O7. The molecule has 186 valence electrons. The van der Waals surface area contributed by atoms with E-state index in [4.69, 9.17) is 24.1 Å². The maximum Gasteiger partial charge on any atom is 0.325 e. The number of benzene rings is 1. The lowest BCUT2D eigenvalue weighted by Gasteiger charge is -2.12. The van der Waals surface area contributed by atoms with E-state index in [1.165, 1.54) is 12.4 Å². The average molecular weight is 493 g/mol. The van der Waals surface area contributed by atoms with Gasteiger partial charge in [0.1, 0.15) is 23.9 Å². The van der Waals surface area contributed by atoms with Crippen LogP contribution in [0.1, 0.15) is 17.4 Å². The molecule has 0 unspecified atom stereocenters.